The summed E-state index contributed by atoms with van der Waals surface area (Å²) in [5, 5.41) is 14.5. The van der Waals surface area contributed by atoms with Gasteiger partial charge in [-0.2, -0.15) is 4.73 Å². The number of carbonyl (C=O) groups is 1. The van der Waals surface area contributed by atoms with E-state index >= 15 is 0 Å². The van der Waals surface area contributed by atoms with Crippen molar-refractivity contribution in [2.45, 2.75) is 25.2 Å². The van der Waals surface area contributed by atoms with Crippen LogP contribution in [0.25, 0.3) is 0 Å². The first-order valence-electron chi connectivity index (χ1n) is 8.23. The van der Waals surface area contributed by atoms with E-state index in [1.165, 1.54) is 35.0 Å². The monoisotopic (exact) mass is 351 g/mol. The van der Waals surface area contributed by atoms with Gasteiger partial charge in [0.1, 0.15) is 0 Å². The van der Waals surface area contributed by atoms with E-state index < -0.39 is 0 Å². The molecule has 0 saturated heterocycles. The van der Waals surface area contributed by atoms with E-state index in [-0.39, 0.29) is 5.91 Å². The number of nitrogens with one attached hydrogen (secondary N) is 1. The lowest BCUT2D eigenvalue weighted by molar-refractivity contribution is -0.605. The Hall–Kier alpha value is -2.73. The van der Waals surface area contributed by atoms with Gasteiger partial charge in [-0.25, -0.2) is 4.98 Å². The highest BCUT2D eigenvalue weighted by Crippen LogP contribution is 2.36. The second kappa shape index (κ2) is 6.64. The van der Waals surface area contributed by atoms with E-state index in [0.717, 1.165) is 25.0 Å². The number of aromatic nitrogens is 2. The number of thiazole rings is 1. The number of fused-ring (bicyclic) bond motifs is 1. The van der Waals surface area contributed by atoms with E-state index in [1.54, 1.807) is 11.3 Å². The van der Waals surface area contributed by atoms with Gasteiger partial charge in [0.2, 0.25) is 0 Å². The average molecular weight is 351 g/mol. The molecule has 0 spiro atoms. The molecule has 25 heavy (non-hydrogen) atoms. The highest BCUT2D eigenvalue weighted by Gasteiger charge is 2.24. The quantitative estimate of drug-likeness (QED) is 0.581. The van der Waals surface area contributed by atoms with Gasteiger partial charge < -0.3 is 5.21 Å². The molecule has 1 unspecified atom stereocenters. The van der Waals surface area contributed by atoms with Crippen LogP contribution >= 0.6 is 11.3 Å². The maximum atomic E-state index is 12.3. The molecule has 1 amide bonds. The molecule has 126 valence electrons. The van der Waals surface area contributed by atoms with E-state index in [9.17, 15) is 10.0 Å². The van der Waals surface area contributed by atoms with E-state index in [1.807, 2.05) is 6.07 Å². The summed E-state index contributed by atoms with van der Waals surface area (Å²) in [6.45, 7) is 0. The summed E-state index contributed by atoms with van der Waals surface area (Å²) in [6, 6.07) is 13.6. The van der Waals surface area contributed by atoms with Crippen LogP contribution in [0.4, 0.5) is 5.13 Å². The first-order chi connectivity index (χ1) is 12.2. The maximum Gasteiger partial charge on any atom is 0.257 e. The van der Waals surface area contributed by atoms with E-state index in [0.29, 0.717) is 21.3 Å². The van der Waals surface area contributed by atoms with Crippen molar-refractivity contribution in [3.05, 3.63) is 81.8 Å². The van der Waals surface area contributed by atoms with Gasteiger partial charge in [0.05, 0.1) is 11.3 Å². The summed E-state index contributed by atoms with van der Waals surface area (Å²) >= 11 is 1.55. The Morgan fingerprint density at radius 3 is 2.72 bits per heavy atom. The molecular formula is C19H17N3O2S. The van der Waals surface area contributed by atoms with Gasteiger partial charge in [-0.1, -0.05) is 30.3 Å². The summed E-state index contributed by atoms with van der Waals surface area (Å²) < 4.78 is 0.655. The predicted molar refractivity (Wildman–Crippen MR) is 96.7 cm³/mol. The van der Waals surface area contributed by atoms with Gasteiger partial charge in [-0.15, -0.1) is 11.3 Å². The van der Waals surface area contributed by atoms with Crippen molar-refractivity contribution >= 4 is 22.4 Å². The lowest BCUT2D eigenvalue weighted by Crippen LogP contribution is -2.25. The molecule has 6 heteroatoms. The molecule has 0 aliphatic heterocycles. The number of anilines is 1. The minimum atomic E-state index is -0.244. The predicted octanol–water partition coefficient (Wildman–Crippen LogP) is 3.30. The number of nitrogens with zero attached hydrogens (tertiary/aromatic N) is 2. The molecular weight excluding hydrogens is 334 g/mol. The zero-order valence-electron chi connectivity index (χ0n) is 13.5. The van der Waals surface area contributed by atoms with Crippen LogP contribution in [0.2, 0.25) is 0 Å². The van der Waals surface area contributed by atoms with Crippen molar-refractivity contribution in [2.24, 2.45) is 0 Å². The Bertz CT molecular complexity index is 891. The molecule has 2 aromatic heterocycles. The molecule has 0 bridgehead atoms. The molecule has 1 N–H and O–H groups in total. The molecule has 3 aromatic rings. The third-order valence-electron chi connectivity index (χ3n) is 4.50. The Kier molecular flexibility index (Phi) is 4.19. The van der Waals surface area contributed by atoms with E-state index in [4.69, 9.17) is 0 Å². The van der Waals surface area contributed by atoms with Gasteiger partial charge in [-0.3, -0.25) is 10.1 Å². The molecule has 0 fully saturated rings. The molecule has 0 radical (unpaired) electrons. The van der Waals surface area contributed by atoms with Crippen molar-refractivity contribution in [1.29, 1.82) is 0 Å². The SMILES string of the molecule is O=C(Nc1nc2c(s1)CC(c1ccccc1)CC2)c1cc[n+]([O-])cc1. The Balaban J connectivity index is 1.48. The molecule has 4 rings (SSSR count). The van der Waals surface area contributed by atoms with Gasteiger partial charge >= 0.3 is 0 Å². The zero-order chi connectivity index (χ0) is 17.2. The topological polar surface area (TPSA) is 68.9 Å². The van der Waals surface area contributed by atoms with Crippen molar-refractivity contribution < 1.29 is 9.52 Å². The molecule has 1 aliphatic rings. The fraction of sp³-hybridized carbons (Fsp3) is 0.211. The zero-order valence-corrected chi connectivity index (χ0v) is 14.3. The molecule has 5 nitrogen and oxygen atoms in total. The second-order valence-electron chi connectivity index (χ2n) is 6.14. The first kappa shape index (κ1) is 15.8. The highest BCUT2D eigenvalue weighted by molar-refractivity contribution is 7.15. The Morgan fingerprint density at radius 2 is 1.96 bits per heavy atom. The number of carbonyl (C=O) groups excluding carboxylic acids is 1. The molecule has 2 heterocycles. The summed E-state index contributed by atoms with van der Waals surface area (Å²) in [6.07, 6.45) is 5.60. The minimum absolute atomic E-state index is 0.244. The van der Waals surface area contributed by atoms with Crippen LogP contribution in [0.3, 0.4) is 0 Å². The van der Waals surface area contributed by atoms with Crippen LogP contribution in [0.1, 0.15) is 38.8 Å². The Labute approximate surface area is 149 Å². The molecule has 1 aromatic carbocycles. The standard InChI is InChI=1S/C19H17N3O2S/c23-18(14-8-10-22(24)11-9-14)21-19-20-16-7-6-15(12-17(16)25-19)13-4-2-1-3-5-13/h1-5,8-11,15H,6-7,12H2,(H,20,21,23). The number of hydrogen-bond acceptors (Lipinski definition) is 4. The normalized spacial score (nSPS) is 16.2. The fourth-order valence-electron chi connectivity index (χ4n) is 3.17. The number of aryl methyl sites for hydroxylation is 1. The van der Waals surface area contributed by atoms with Crippen molar-refractivity contribution in [2.75, 3.05) is 5.32 Å². The first-order valence-corrected chi connectivity index (χ1v) is 9.04. The number of amides is 1. The van der Waals surface area contributed by atoms with Crippen LogP contribution in [-0.4, -0.2) is 10.9 Å². The lowest BCUT2D eigenvalue weighted by atomic mass is 9.85. The van der Waals surface area contributed by atoms with Crippen molar-refractivity contribution in [1.82, 2.24) is 4.98 Å². The van der Waals surface area contributed by atoms with Crippen molar-refractivity contribution in [3.63, 3.8) is 0 Å². The van der Waals surface area contributed by atoms with Gasteiger partial charge in [0.25, 0.3) is 5.91 Å². The van der Waals surface area contributed by atoms with Crippen LogP contribution in [-0.2, 0) is 12.8 Å². The molecule has 1 aliphatic carbocycles. The third kappa shape index (κ3) is 3.39. The second-order valence-corrected chi connectivity index (χ2v) is 7.22. The van der Waals surface area contributed by atoms with Crippen LogP contribution in [0, 0.1) is 5.21 Å². The van der Waals surface area contributed by atoms with Crippen LogP contribution < -0.4 is 10.0 Å². The fourth-order valence-corrected chi connectivity index (χ4v) is 4.25. The number of hydrogen-bond donors (Lipinski definition) is 1. The van der Waals surface area contributed by atoms with Gasteiger partial charge in [0.15, 0.2) is 17.5 Å². The smallest absolute Gasteiger partial charge is 0.257 e. The minimum Gasteiger partial charge on any atom is -0.619 e. The lowest BCUT2D eigenvalue weighted by Gasteiger charge is -2.21. The third-order valence-corrected chi connectivity index (χ3v) is 5.53. The molecule has 0 saturated carbocycles. The summed E-state index contributed by atoms with van der Waals surface area (Å²) in [7, 11) is 0. The maximum absolute atomic E-state index is 12.3. The summed E-state index contributed by atoms with van der Waals surface area (Å²) in [5.41, 5.74) is 2.91. The average Bonchev–Trinajstić information content (AvgIpc) is 3.04. The van der Waals surface area contributed by atoms with Gasteiger partial charge in [-0.05, 0) is 30.7 Å². The number of pyridine rings is 1. The van der Waals surface area contributed by atoms with E-state index in [2.05, 4.69) is 34.6 Å². The van der Waals surface area contributed by atoms with Crippen molar-refractivity contribution in [3.8, 4) is 0 Å². The van der Waals surface area contributed by atoms with Gasteiger partial charge in [0, 0.05) is 17.0 Å². The van der Waals surface area contributed by atoms with Crippen LogP contribution in [0.5, 0.6) is 0 Å². The summed E-state index contributed by atoms with van der Waals surface area (Å²) in [5.74, 6) is 0.269. The van der Waals surface area contributed by atoms with Crippen LogP contribution in [0.15, 0.2) is 54.9 Å². The Morgan fingerprint density at radius 1 is 1.20 bits per heavy atom. The molecule has 1 atom stereocenters. The highest BCUT2D eigenvalue weighted by atomic mass is 32.1. The number of benzene rings is 1. The largest absolute Gasteiger partial charge is 0.619 e. The number of rotatable bonds is 3. The summed E-state index contributed by atoms with van der Waals surface area (Å²) in [4.78, 5) is 18.1.